The van der Waals surface area contributed by atoms with Gasteiger partial charge in [0.25, 0.3) is 0 Å². The van der Waals surface area contributed by atoms with E-state index < -0.39 is 0 Å². The highest BCUT2D eigenvalue weighted by Gasteiger charge is 2.19. The molecule has 0 N–H and O–H groups in total. The highest BCUT2D eigenvalue weighted by Crippen LogP contribution is 2.21. The molecule has 1 aromatic heterocycles. The van der Waals surface area contributed by atoms with Gasteiger partial charge >= 0.3 is 0 Å². The number of hydrogen-bond donors (Lipinski definition) is 0. The molecule has 0 spiro atoms. The van der Waals surface area contributed by atoms with Crippen molar-refractivity contribution in [1.82, 2.24) is 4.90 Å². The fourth-order valence-electron chi connectivity index (χ4n) is 2.48. The molecule has 0 radical (unpaired) electrons. The molecular weight excluding hydrogens is 242 g/mol. The Kier molecular flexibility index (Phi) is 5.00. The molecule has 0 bridgehead atoms. The molecule has 1 fully saturated rings. The number of rotatable bonds is 3. The first kappa shape index (κ1) is 13.3. The molecule has 1 aromatic rings. The van der Waals surface area contributed by atoms with Crippen molar-refractivity contribution in [3.63, 3.8) is 0 Å². The van der Waals surface area contributed by atoms with E-state index in [4.69, 9.17) is 0 Å². The third-order valence-electron chi connectivity index (χ3n) is 3.65. The molecule has 1 saturated carbocycles. The van der Waals surface area contributed by atoms with E-state index in [1.54, 1.807) is 17.4 Å². The van der Waals surface area contributed by atoms with Gasteiger partial charge in [0, 0.05) is 24.0 Å². The molecule has 0 aliphatic heterocycles. The number of amides is 1. The van der Waals surface area contributed by atoms with Crippen LogP contribution < -0.4 is 0 Å². The monoisotopic (exact) mass is 263 g/mol. The number of likely N-dealkylation sites (N-methyl/N-ethyl adjacent to an activating group) is 1. The van der Waals surface area contributed by atoms with Crippen LogP contribution in [0.3, 0.4) is 0 Å². The zero-order valence-corrected chi connectivity index (χ0v) is 11.8. The lowest BCUT2D eigenvalue weighted by Crippen LogP contribution is -2.35. The first-order valence-electron chi connectivity index (χ1n) is 6.76. The Labute approximate surface area is 113 Å². The maximum Gasteiger partial charge on any atom is 0.246 e. The quantitative estimate of drug-likeness (QED) is 0.597. The van der Waals surface area contributed by atoms with E-state index in [0.717, 1.165) is 17.7 Å². The normalized spacial score (nSPS) is 17.8. The number of hydrogen-bond acceptors (Lipinski definition) is 2. The van der Waals surface area contributed by atoms with Crippen molar-refractivity contribution in [3.05, 3.63) is 28.5 Å². The summed E-state index contributed by atoms with van der Waals surface area (Å²) < 4.78 is 0. The maximum atomic E-state index is 12.1. The molecule has 1 heterocycles. The highest BCUT2D eigenvalue weighted by atomic mass is 32.1. The fraction of sp³-hybridized carbons (Fsp3) is 0.533. The maximum absolute atomic E-state index is 12.1. The van der Waals surface area contributed by atoms with Crippen LogP contribution >= 0.6 is 11.3 Å². The minimum atomic E-state index is 0.135. The molecule has 3 heteroatoms. The molecule has 1 aliphatic carbocycles. The SMILES string of the molecule is CN(C(=O)/C=C/c1cccs1)C1CCCCCC1. The lowest BCUT2D eigenvalue weighted by molar-refractivity contribution is -0.126. The van der Waals surface area contributed by atoms with E-state index in [1.165, 1.54) is 25.7 Å². The van der Waals surface area contributed by atoms with Gasteiger partial charge in [-0.25, -0.2) is 0 Å². The van der Waals surface area contributed by atoms with E-state index in [9.17, 15) is 4.79 Å². The Bertz CT molecular complexity index is 389. The van der Waals surface area contributed by atoms with Crippen LogP contribution in [-0.2, 0) is 4.79 Å². The van der Waals surface area contributed by atoms with Gasteiger partial charge in [0.15, 0.2) is 0 Å². The molecule has 18 heavy (non-hydrogen) atoms. The van der Waals surface area contributed by atoms with Crippen molar-refractivity contribution in [2.24, 2.45) is 0 Å². The standard InChI is InChI=1S/C15H21NOS/c1-16(13-7-4-2-3-5-8-13)15(17)11-10-14-9-6-12-18-14/h6,9-13H,2-5,7-8H2,1H3/b11-10+. The number of thiophene rings is 1. The van der Waals surface area contributed by atoms with Gasteiger partial charge < -0.3 is 4.90 Å². The summed E-state index contributed by atoms with van der Waals surface area (Å²) >= 11 is 1.66. The van der Waals surface area contributed by atoms with Crippen LogP contribution in [0.25, 0.3) is 6.08 Å². The van der Waals surface area contributed by atoms with Crippen molar-refractivity contribution in [2.75, 3.05) is 7.05 Å². The van der Waals surface area contributed by atoms with Crippen LogP contribution in [0.15, 0.2) is 23.6 Å². The molecular formula is C15H21NOS. The average Bonchev–Trinajstić information content (AvgIpc) is 2.75. The summed E-state index contributed by atoms with van der Waals surface area (Å²) in [7, 11) is 1.94. The Morgan fingerprint density at radius 1 is 1.33 bits per heavy atom. The summed E-state index contributed by atoms with van der Waals surface area (Å²) in [5.74, 6) is 0.135. The van der Waals surface area contributed by atoms with Gasteiger partial charge in [-0.15, -0.1) is 11.3 Å². The van der Waals surface area contributed by atoms with Gasteiger partial charge in [-0.1, -0.05) is 31.7 Å². The Balaban J connectivity index is 1.91. The lowest BCUT2D eigenvalue weighted by atomic mass is 10.1. The van der Waals surface area contributed by atoms with Crippen LogP contribution in [0, 0.1) is 0 Å². The molecule has 1 amide bonds. The second-order valence-corrected chi connectivity index (χ2v) is 5.92. The summed E-state index contributed by atoms with van der Waals surface area (Å²) in [6, 6.07) is 4.47. The molecule has 98 valence electrons. The smallest absolute Gasteiger partial charge is 0.246 e. The lowest BCUT2D eigenvalue weighted by Gasteiger charge is -2.26. The Morgan fingerprint density at radius 2 is 2.06 bits per heavy atom. The zero-order valence-electron chi connectivity index (χ0n) is 11.0. The van der Waals surface area contributed by atoms with Gasteiger partial charge in [0.2, 0.25) is 5.91 Å². The summed E-state index contributed by atoms with van der Waals surface area (Å²) in [6.45, 7) is 0. The highest BCUT2D eigenvalue weighted by molar-refractivity contribution is 7.10. The Hall–Kier alpha value is -1.09. The van der Waals surface area contributed by atoms with Crippen molar-refractivity contribution in [2.45, 2.75) is 44.6 Å². The van der Waals surface area contributed by atoms with E-state index in [1.807, 2.05) is 35.5 Å². The van der Waals surface area contributed by atoms with Gasteiger partial charge in [0.1, 0.15) is 0 Å². The van der Waals surface area contributed by atoms with Crippen molar-refractivity contribution < 1.29 is 4.79 Å². The van der Waals surface area contributed by atoms with Crippen LogP contribution in [0.5, 0.6) is 0 Å². The third-order valence-corrected chi connectivity index (χ3v) is 4.49. The molecule has 0 aromatic carbocycles. The first-order chi connectivity index (χ1) is 8.77. The number of carbonyl (C=O) groups is 1. The predicted molar refractivity (Wildman–Crippen MR) is 77.6 cm³/mol. The second kappa shape index (κ2) is 6.74. The van der Waals surface area contributed by atoms with E-state index in [-0.39, 0.29) is 5.91 Å². The molecule has 2 rings (SSSR count). The van der Waals surface area contributed by atoms with Gasteiger partial charge in [-0.05, 0) is 30.4 Å². The Morgan fingerprint density at radius 3 is 2.67 bits per heavy atom. The van der Waals surface area contributed by atoms with Crippen LogP contribution in [0.4, 0.5) is 0 Å². The summed E-state index contributed by atoms with van der Waals surface area (Å²) in [6.07, 6.45) is 11.1. The van der Waals surface area contributed by atoms with Crippen LogP contribution in [0.1, 0.15) is 43.4 Å². The molecule has 2 nitrogen and oxygen atoms in total. The third kappa shape index (κ3) is 3.70. The largest absolute Gasteiger partial charge is 0.339 e. The molecule has 1 aliphatic rings. The fourth-order valence-corrected chi connectivity index (χ4v) is 3.10. The minimum Gasteiger partial charge on any atom is -0.339 e. The van der Waals surface area contributed by atoms with E-state index >= 15 is 0 Å². The van der Waals surface area contributed by atoms with Gasteiger partial charge in [0.05, 0.1) is 0 Å². The second-order valence-electron chi connectivity index (χ2n) is 4.94. The zero-order chi connectivity index (χ0) is 12.8. The number of carbonyl (C=O) groups excluding carboxylic acids is 1. The summed E-state index contributed by atoms with van der Waals surface area (Å²) in [5, 5.41) is 2.03. The van der Waals surface area contributed by atoms with Crippen molar-refractivity contribution in [1.29, 1.82) is 0 Å². The molecule has 0 atom stereocenters. The summed E-state index contributed by atoms with van der Waals surface area (Å²) in [5.41, 5.74) is 0. The summed E-state index contributed by atoms with van der Waals surface area (Å²) in [4.78, 5) is 15.2. The van der Waals surface area contributed by atoms with Gasteiger partial charge in [-0.3, -0.25) is 4.79 Å². The molecule has 0 unspecified atom stereocenters. The van der Waals surface area contributed by atoms with Crippen molar-refractivity contribution in [3.8, 4) is 0 Å². The van der Waals surface area contributed by atoms with E-state index in [2.05, 4.69) is 0 Å². The van der Waals surface area contributed by atoms with Crippen molar-refractivity contribution >= 4 is 23.3 Å². The van der Waals surface area contributed by atoms with Gasteiger partial charge in [-0.2, -0.15) is 0 Å². The minimum absolute atomic E-state index is 0.135. The first-order valence-corrected chi connectivity index (χ1v) is 7.64. The average molecular weight is 263 g/mol. The van der Waals surface area contributed by atoms with E-state index in [0.29, 0.717) is 6.04 Å². The number of nitrogens with zero attached hydrogens (tertiary/aromatic N) is 1. The van der Waals surface area contributed by atoms with Crippen LogP contribution in [-0.4, -0.2) is 23.9 Å². The predicted octanol–water partition coefficient (Wildman–Crippen LogP) is 3.94. The topological polar surface area (TPSA) is 20.3 Å². The van der Waals surface area contributed by atoms with Crippen LogP contribution in [0.2, 0.25) is 0 Å². The molecule has 0 saturated heterocycles.